The maximum atomic E-state index is 13.1. The standard InChI is InChI=1S/C19H21N5O3/c1-12-9-18(26)24-16(20-12)10-14(21-24)15-5-3-4-8-23(15)19(27)13-6-7-17(25)22(2)11-13/h6-7,9-11,15,21H,3-5,8H2,1-2H3/t15-/m1/s1. The summed E-state index contributed by atoms with van der Waals surface area (Å²) in [6.07, 6.45) is 4.29. The largest absolute Gasteiger partial charge is 0.330 e. The lowest BCUT2D eigenvalue weighted by atomic mass is 9.98. The van der Waals surface area contributed by atoms with Gasteiger partial charge in [0.2, 0.25) is 5.56 Å². The van der Waals surface area contributed by atoms with E-state index in [-0.39, 0.29) is 23.1 Å². The van der Waals surface area contributed by atoms with Crippen molar-refractivity contribution >= 4 is 11.6 Å². The van der Waals surface area contributed by atoms with Crippen LogP contribution >= 0.6 is 0 Å². The number of piperidine rings is 1. The zero-order valence-electron chi connectivity index (χ0n) is 15.3. The van der Waals surface area contributed by atoms with E-state index in [4.69, 9.17) is 0 Å². The van der Waals surface area contributed by atoms with E-state index < -0.39 is 0 Å². The highest BCUT2D eigenvalue weighted by molar-refractivity contribution is 5.94. The molecule has 0 aromatic carbocycles. The van der Waals surface area contributed by atoms with Gasteiger partial charge in [-0.2, -0.15) is 0 Å². The Bertz CT molecular complexity index is 1140. The van der Waals surface area contributed by atoms with Crippen molar-refractivity contribution in [2.45, 2.75) is 32.2 Å². The summed E-state index contributed by atoms with van der Waals surface area (Å²) >= 11 is 0. The first-order chi connectivity index (χ1) is 12.9. The van der Waals surface area contributed by atoms with E-state index in [1.165, 1.54) is 21.2 Å². The number of aromatic nitrogens is 4. The average molecular weight is 367 g/mol. The first-order valence-electron chi connectivity index (χ1n) is 9.01. The van der Waals surface area contributed by atoms with Gasteiger partial charge in [-0.25, -0.2) is 9.50 Å². The molecule has 140 valence electrons. The molecule has 0 saturated carbocycles. The van der Waals surface area contributed by atoms with E-state index in [0.29, 0.717) is 23.4 Å². The fraction of sp³-hybridized carbons (Fsp3) is 0.368. The Morgan fingerprint density at radius 3 is 2.78 bits per heavy atom. The fourth-order valence-corrected chi connectivity index (χ4v) is 3.68. The summed E-state index contributed by atoms with van der Waals surface area (Å²) in [7, 11) is 1.63. The highest BCUT2D eigenvalue weighted by Gasteiger charge is 2.30. The van der Waals surface area contributed by atoms with Crippen LogP contribution in [-0.2, 0) is 7.05 Å². The number of aromatic amines is 1. The molecule has 4 heterocycles. The number of nitrogens with one attached hydrogen (secondary N) is 1. The number of amides is 1. The minimum absolute atomic E-state index is 0.120. The van der Waals surface area contributed by atoms with E-state index in [1.54, 1.807) is 26.2 Å². The Hall–Kier alpha value is -3.16. The van der Waals surface area contributed by atoms with Crippen molar-refractivity contribution in [2.24, 2.45) is 7.05 Å². The van der Waals surface area contributed by atoms with Crippen molar-refractivity contribution in [1.82, 2.24) is 24.1 Å². The van der Waals surface area contributed by atoms with Gasteiger partial charge in [0.15, 0.2) is 5.65 Å². The lowest BCUT2D eigenvalue weighted by Gasteiger charge is -2.35. The van der Waals surface area contributed by atoms with Gasteiger partial charge in [-0.05, 0) is 32.3 Å². The summed E-state index contributed by atoms with van der Waals surface area (Å²) in [6.45, 7) is 2.41. The summed E-state index contributed by atoms with van der Waals surface area (Å²) in [5, 5.41) is 3.11. The molecule has 1 aliphatic rings. The van der Waals surface area contributed by atoms with Crippen LogP contribution in [0.3, 0.4) is 0 Å². The molecule has 3 aromatic heterocycles. The third-order valence-corrected chi connectivity index (χ3v) is 5.05. The Labute approximate surface area is 155 Å². The van der Waals surface area contributed by atoms with Crippen LogP contribution in [-0.4, -0.2) is 36.5 Å². The summed E-state index contributed by atoms with van der Waals surface area (Å²) in [5.41, 5.74) is 2.16. The van der Waals surface area contributed by atoms with Gasteiger partial charge in [0.05, 0.1) is 17.3 Å². The third kappa shape index (κ3) is 3.07. The maximum absolute atomic E-state index is 13.1. The van der Waals surface area contributed by atoms with Crippen LogP contribution in [0.4, 0.5) is 0 Å². The molecule has 8 heteroatoms. The third-order valence-electron chi connectivity index (χ3n) is 5.05. The van der Waals surface area contributed by atoms with E-state index in [1.807, 2.05) is 11.0 Å². The number of fused-ring (bicyclic) bond motifs is 1. The monoisotopic (exact) mass is 367 g/mol. The quantitative estimate of drug-likeness (QED) is 0.741. The molecule has 1 aliphatic heterocycles. The molecule has 27 heavy (non-hydrogen) atoms. The van der Waals surface area contributed by atoms with E-state index in [0.717, 1.165) is 25.0 Å². The first-order valence-corrected chi connectivity index (χ1v) is 9.01. The fourth-order valence-electron chi connectivity index (χ4n) is 3.68. The number of carbonyl (C=O) groups excluding carboxylic acids is 1. The SMILES string of the molecule is Cc1cc(=O)n2[nH]c([C@H]3CCCCN3C(=O)c3ccc(=O)n(C)c3)cc2n1. The molecule has 1 atom stereocenters. The normalized spacial score (nSPS) is 17.4. The van der Waals surface area contributed by atoms with Crippen LogP contribution < -0.4 is 11.1 Å². The predicted molar refractivity (Wildman–Crippen MR) is 99.9 cm³/mol. The Kier molecular flexibility index (Phi) is 4.18. The number of hydrogen-bond acceptors (Lipinski definition) is 4. The molecule has 0 bridgehead atoms. The van der Waals surface area contributed by atoms with E-state index >= 15 is 0 Å². The highest BCUT2D eigenvalue weighted by Crippen LogP contribution is 2.31. The number of likely N-dealkylation sites (tertiary alicyclic amines) is 1. The van der Waals surface area contributed by atoms with Gasteiger partial charge < -0.3 is 9.47 Å². The van der Waals surface area contributed by atoms with Crippen LogP contribution in [0.25, 0.3) is 5.65 Å². The van der Waals surface area contributed by atoms with Crippen molar-refractivity contribution in [3.63, 3.8) is 0 Å². The second-order valence-corrected chi connectivity index (χ2v) is 7.02. The Morgan fingerprint density at radius 1 is 1.19 bits per heavy atom. The zero-order valence-corrected chi connectivity index (χ0v) is 15.3. The Balaban J connectivity index is 1.73. The predicted octanol–water partition coefficient (Wildman–Crippen LogP) is 1.40. The molecule has 0 unspecified atom stereocenters. The molecule has 1 fully saturated rings. The number of pyridine rings is 1. The highest BCUT2D eigenvalue weighted by atomic mass is 16.2. The van der Waals surface area contributed by atoms with Crippen LogP contribution in [0.2, 0.25) is 0 Å². The molecule has 8 nitrogen and oxygen atoms in total. The molecule has 0 spiro atoms. The lowest BCUT2D eigenvalue weighted by molar-refractivity contribution is 0.0604. The van der Waals surface area contributed by atoms with Gasteiger partial charge in [0.1, 0.15) is 0 Å². The van der Waals surface area contributed by atoms with Crippen molar-refractivity contribution in [3.8, 4) is 0 Å². The Morgan fingerprint density at radius 2 is 2.00 bits per heavy atom. The molecule has 1 N–H and O–H groups in total. The second kappa shape index (κ2) is 6.53. The number of rotatable bonds is 2. The van der Waals surface area contributed by atoms with Gasteiger partial charge in [0, 0.05) is 43.7 Å². The van der Waals surface area contributed by atoms with E-state index in [9.17, 15) is 14.4 Å². The topological polar surface area (TPSA) is 92.5 Å². The van der Waals surface area contributed by atoms with Crippen molar-refractivity contribution in [3.05, 3.63) is 68.1 Å². The van der Waals surface area contributed by atoms with Crippen LogP contribution in [0.15, 0.2) is 40.1 Å². The minimum Gasteiger partial charge on any atom is -0.330 e. The molecular weight excluding hydrogens is 346 g/mol. The van der Waals surface area contributed by atoms with Crippen LogP contribution in [0, 0.1) is 6.92 Å². The number of carbonyl (C=O) groups is 1. The van der Waals surface area contributed by atoms with Crippen molar-refractivity contribution in [1.29, 1.82) is 0 Å². The molecule has 1 amide bonds. The van der Waals surface area contributed by atoms with Gasteiger partial charge in [-0.15, -0.1) is 0 Å². The van der Waals surface area contributed by atoms with Crippen LogP contribution in [0.5, 0.6) is 0 Å². The number of H-pyrrole nitrogens is 1. The van der Waals surface area contributed by atoms with Gasteiger partial charge in [-0.1, -0.05) is 0 Å². The summed E-state index contributed by atoms with van der Waals surface area (Å²) < 4.78 is 2.81. The minimum atomic E-state index is -0.171. The van der Waals surface area contributed by atoms with Crippen molar-refractivity contribution < 1.29 is 4.79 Å². The number of nitrogens with zero attached hydrogens (tertiary/aromatic N) is 4. The summed E-state index contributed by atoms with van der Waals surface area (Å²) in [5.74, 6) is -0.120. The summed E-state index contributed by atoms with van der Waals surface area (Å²) in [4.78, 5) is 43.1. The van der Waals surface area contributed by atoms with Crippen LogP contribution in [0.1, 0.15) is 47.1 Å². The second-order valence-electron chi connectivity index (χ2n) is 7.02. The molecule has 4 rings (SSSR count). The average Bonchev–Trinajstić information content (AvgIpc) is 3.07. The summed E-state index contributed by atoms with van der Waals surface area (Å²) in [6, 6.07) is 6.12. The maximum Gasteiger partial charge on any atom is 0.272 e. The van der Waals surface area contributed by atoms with E-state index in [2.05, 4.69) is 10.1 Å². The molecule has 0 aliphatic carbocycles. The van der Waals surface area contributed by atoms with Gasteiger partial charge in [0.25, 0.3) is 11.5 Å². The molecule has 3 aromatic rings. The molecule has 1 saturated heterocycles. The number of aryl methyl sites for hydroxylation is 2. The molecular formula is C19H21N5O3. The lowest BCUT2D eigenvalue weighted by Crippen LogP contribution is -2.39. The zero-order chi connectivity index (χ0) is 19.1. The van der Waals surface area contributed by atoms with Crippen molar-refractivity contribution in [2.75, 3.05) is 6.54 Å². The molecule has 0 radical (unpaired) electrons. The van der Waals surface area contributed by atoms with Gasteiger partial charge in [-0.3, -0.25) is 19.5 Å². The van der Waals surface area contributed by atoms with Gasteiger partial charge >= 0.3 is 0 Å². The first kappa shape index (κ1) is 17.3. The number of hydrogen-bond donors (Lipinski definition) is 1. The smallest absolute Gasteiger partial charge is 0.272 e.